The Balaban J connectivity index is 1.81. The van der Waals surface area contributed by atoms with E-state index < -0.39 is 37.3 Å². The number of rotatable bonds is 14. The average Bonchev–Trinajstić information content (AvgIpc) is 3.45. The van der Waals surface area contributed by atoms with Crippen molar-refractivity contribution in [2.24, 2.45) is 0 Å². The number of unbranched alkanes of at least 4 members (excludes halogenated alkanes) is 1. The van der Waals surface area contributed by atoms with Gasteiger partial charge in [0.25, 0.3) is 20.2 Å². The van der Waals surface area contributed by atoms with Gasteiger partial charge in [0.05, 0.1) is 24.3 Å². The molecule has 41 heavy (non-hydrogen) atoms. The number of nitrogen functional groups attached to an aromatic ring is 1. The molecule has 0 unspecified atom stereocenters. The molecule has 0 bridgehead atoms. The van der Waals surface area contributed by atoms with E-state index in [9.17, 15) is 21.9 Å². The number of anilines is 1. The van der Waals surface area contributed by atoms with Crippen LogP contribution in [-0.2, 0) is 26.8 Å². The van der Waals surface area contributed by atoms with Crippen molar-refractivity contribution in [2.75, 3.05) is 43.5 Å². The molecule has 0 radical (unpaired) electrons. The first-order valence-corrected chi connectivity index (χ1v) is 15.8. The Bertz CT molecular complexity index is 1600. The molecule has 0 amide bonds. The van der Waals surface area contributed by atoms with Crippen LogP contribution in [0.1, 0.15) is 39.3 Å². The fraction of sp³-hybridized carbons (Fsp3) is 0.565. The van der Waals surface area contributed by atoms with Crippen molar-refractivity contribution in [1.82, 2.24) is 29.7 Å². The summed E-state index contributed by atoms with van der Waals surface area (Å²) >= 11 is 0. The SMILES string of the molecule is CCn1c(-c2nonc2N)nc2c(C#CC(C)(C)O)ncc(OCCCCN(CCS(=O)(=O)O)CCS(=O)(=O)O)c21. The molecule has 18 heteroatoms. The number of hydrogen-bond donors (Lipinski definition) is 4. The Morgan fingerprint density at radius 1 is 1.10 bits per heavy atom. The highest BCUT2D eigenvalue weighted by molar-refractivity contribution is 7.86. The van der Waals surface area contributed by atoms with Crippen molar-refractivity contribution in [3.8, 4) is 29.1 Å². The van der Waals surface area contributed by atoms with E-state index in [0.29, 0.717) is 54.2 Å². The van der Waals surface area contributed by atoms with Crippen LogP contribution in [0.4, 0.5) is 5.82 Å². The molecule has 0 fully saturated rings. The summed E-state index contributed by atoms with van der Waals surface area (Å²) in [7, 11) is -8.49. The number of imidazole rings is 1. The molecule has 0 spiro atoms. The largest absolute Gasteiger partial charge is 0.490 e. The van der Waals surface area contributed by atoms with Crippen molar-refractivity contribution < 1.29 is 40.4 Å². The zero-order chi connectivity index (χ0) is 30.4. The number of pyridine rings is 1. The van der Waals surface area contributed by atoms with E-state index in [4.69, 9.17) is 24.2 Å². The van der Waals surface area contributed by atoms with Crippen LogP contribution in [0.5, 0.6) is 5.75 Å². The lowest BCUT2D eigenvalue weighted by atomic mass is 10.1. The summed E-state index contributed by atoms with van der Waals surface area (Å²) in [4.78, 5) is 10.5. The molecule has 3 rings (SSSR count). The minimum Gasteiger partial charge on any atom is -0.490 e. The molecule has 0 aliphatic heterocycles. The van der Waals surface area contributed by atoms with Gasteiger partial charge in [0.2, 0.25) is 0 Å². The zero-order valence-electron chi connectivity index (χ0n) is 22.8. The fourth-order valence-electron chi connectivity index (χ4n) is 3.81. The van der Waals surface area contributed by atoms with Gasteiger partial charge in [-0.25, -0.2) is 14.6 Å². The molecular formula is C23H33N7O9S2. The molecule has 0 atom stereocenters. The van der Waals surface area contributed by atoms with Crippen LogP contribution in [0.2, 0.25) is 0 Å². The van der Waals surface area contributed by atoms with Crippen LogP contribution in [0.3, 0.4) is 0 Å². The predicted octanol–water partition coefficient (Wildman–Crippen LogP) is 0.442. The van der Waals surface area contributed by atoms with Crippen LogP contribution in [-0.4, -0.2) is 104 Å². The van der Waals surface area contributed by atoms with Crippen molar-refractivity contribution in [3.05, 3.63) is 11.9 Å². The second-order valence-electron chi connectivity index (χ2n) is 9.62. The van der Waals surface area contributed by atoms with Gasteiger partial charge in [0.1, 0.15) is 22.3 Å². The summed E-state index contributed by atoms with van der Waals surface area (Å²) < 4.78 is 75.1. The van der Waals surface area contributed by atoms with Crippen LogP contribution in [0, 0.1) is 11.8 Å². The van der Waals surface area contributed by atoms with Gasteiger partial charge in [-0.05, 0) is 56.4 Å². The standard InChI is InChI=1S/C23H33N7O9S2/c1-4-30-20-17(38-12-6-5-9-29(10-13-40(32,33)34)11-14-41(35,36)37)15-25-16(7-8-23(2,3)31)18(20)26-22(30)19-21(24)28-39-27-19/h15,31H,4-6,9-14H2,1-3H3,(H2,24,28)(H,32,33,34)(H,35,36,37). The molecule has 0 aliphatic carbocycles. The molecule has 226 valence electrons. The Hall–Kier alpha value is -3.34. The number of aliphatic hydroxyl groups is 1. The van der Waals surface area contributed by atoms with Gasteiger partial charge in [-0.15, -0.1) is 0 Å². The maximum absolute atomic E-state index is 11.1. The lowest BCUT2D eigenvalue weighted by molar-refractivity contribution is 0.143. The molecule has 5 N–H and O–H groups in total. The Labute approximate surface area is 237 Å². The highest BCUT2D eigenvalue weighted by atomic mass is 32.2. The van der Waals surface area contributed by atoms with Gasteiger partial charge in [-0.1, -0.05) is 5.92 Å². The summed E-state index contributed by atoms with van der Waals surface area (Å²) in [6.07, 6.45) is 2.47. The van der Waals surface area contributed by atoms with Crippen LogP contribution in [0.25, 0.3) is 22.6 Å². The first kappa shape index (κ1) is 32.2. The minimum absolute atomic E-state index is 0.0436. The van der Waals surface area contributed by atoms with Gasteiger partial charge < -0.3 is 25.0 Å². The lowest BCUT2D eigenvalue weighted by Crippen LogP contribution is -2.34. The maximum atomic E-state index is 11.1. The molecule has 0 saturated heterocycles. The van der Waals surface area contributed by atoms with E-state index in [0.717, 1.165) is 0 Å². The monoisotopic (exact) mass is 615 g/mol. The van der Waals surface area contributed by atoms with E-state index in [2.05, 4.69) is 32.1 Å². The lowest BCUT2D eigenvalue weighted by Gasteiger charge is -2.21. The van der Waals surface area contributed by atoms with Crippen molar-refractivity contribution in [2.45, 2.75) is 45.8 Å². The minimum atomic E-state index is -4.24. The number of fused-ring (bicyclic) bond motifs is 1. The summed E-state index contributed by atoms with van der Waals surface area (Å²) in [5, 5.41) is 17.5. The third-order valence-electron chi connectivity index (χ3n) is 5.72. The first-order valence-electron chi connectivity index (χ1n) is 12.6. The molecule has 0 aromatic carbocycles. The van der Waals surface area contributed by atoms with Gasteiger partial charge in [-0.3, -0.25) is 9.11 Å². The molecule has 3 aromatic heterocycles. The molecule has 3 heterocycles. The normalized spacial score (nSPS) is 12.6. The van der Waals surface area contributed by atoms with E-state index in [-0.39, 0.29) is 31.2 Å². The van der Waals surface area contributed by atoms with Crippen LogP contribution < -0.4 is 10.5 Å². The topological polar surface area (TPSA) is 237 Å². The van der Waals surface area contributed by atoms with E-state index in [1.165, 1.54) is 11.1 Å². The van der Waals surface area contributed by atoms with E-state index in [1.54, 1.807) is 18.4 Å². The number of hydrogen-bond acceptors (Lipinski definition) is 13. The van der Waals surface area contributed by atoms with Gasteiger partial charge in [0, 0.05) is 19.6 Å². The van der Waals surface area contributed by atoms with Crippen molar-refractivity contribution in [1.29, 1.82) is 0 Å². The smallest absolute Gasteiger partial charge is 0.266 e. The number of aromatic nitrogens is 5. The maximum Gasteiger partial charge on any atom is 0.266 e. The van der Waals surface area contributed by atoms with E-state index in [1.807, 2.05) is 6.92 Å². The quantitative estimate of drug-likeness (QED) is 0.109. The molecule has 16 nitrogen and oxygen atoms in total. The Kier molecular flexibility index (Phi) is 10.3. The summed E-state index contributed by atoms with van der Waals surface area (Å²) in [6, 6.07) is 0. The third kappa shape index (κ3) is 9.62. The summed E-state index contributed by atoms with van der Waals surface area (Å²) in [5.41, 5.74) is 6.12. The van der Waals surface area contributed by atoms with Crippen LogP contribution in [0.15, 0.2) is 10.8 Å². The number of nitrogens with zero attached hydrogens (tertiary/aromatic N) is 6. The van der Waals surface area contributed by atoms with Crippen molar-refractivity contribution >= 4 is 37.1 Å². The highest BCUT2D eigenvalue weighted by Crippen LogP contribution is 2.33. The Morgan fingerprint density at radius 2 is 1.76 bits per heavy atom. The van der Waals surface area contributed by atoms with Gasteiger partial charge in [-0.2, -0.15) is 16.8 Å². The second-order valence-corrected chi connectivity index (χ2v) is 12.8. The summed E-state index contributed by atoms with van der Waals surface area (Å²) in [5.74, 6) is 5.22. The zero-order valence-corrected chi connectivity index (χ0v) is 24.4. The van der Waals surface area contributed by atoms with Crippen LogP contribution >= 0.6 is 0 Å². The van der Waals surface area contributed by atoms with Gasteiger partial charge >= 0.3 is 0 Å². The van der Waals surface area contributed by atoms with E-state index >= 15 is 0 Å². The highest BCUT2D eigenvalue weighted by Gasteiger charge is 2.23. The number of aryl methyl sites for hydroxylation is 1. The van der Waals surface area contributed by atoms with Gasteiger partial charge in [0.15, 0.2) is 23.1 Å². The number of nitrogens with two attached hydrogens (primary N) is 1. The average molecular weight is 616 g/mol. The predicted molar refractivity (Wildman–Crippen MR) is 148 cm³/mol. The Morgan fingerprint density at radius 3 is 2.29 bits per heavy atom. The fourth-order valence-corrected chi connectivity index (χ4v) is 4.78. The molecule has 0 saturated carbocycles. The van der Waals surface area contributed by atoms with Crippen molar-refractivity contribution in [3.63, 3.8) is 0 Å². The molecular weight excluding hydrogens is 582 g/mol. The summed E-state index contributed by atoms with van der Waals surface area (Å²) in [6.45, 7) is 5.70. The molecule has 3 aromatic rings. The second kappa shape index (κ2) is 13.1. The third-order valence-corrected chi connectivity index (χ3v) is 7.12. The first-order chi connectivity index (χ1) is 19.1. The molecule has 0 aliphatic rings. The number of ether oxygens (including phenoxy) is 1.